The van der Waals surface area contributed by atoms with Gasteiger partial charge in [0, 0.05) is 44.4 Å². The minimum atomic E-state index is -0.0641. The number of nitrogens with one attached hydrogen (secondary N) is 1. The van der Waals surface area contributed by atoms with Crippen LogP contribution in [0.1, 0.15) is 26.7 Å². The molecule has 0 radical (unpaired) electrons. The summed E-state index contributed by atoms with van der Waals surface area (Å²) < 4.78 is 6.04. The van der Waals surface area contributed by atoms with Gasteiger partial charge < -0.3 is 19.9 Å². The van der Waals surface area contributed by atoms with Crippen molar-refractivity contribution in [3.63, 3.8) is 0 Å². The van der Waals surface area contributed by atoms with Crippen LogP contribution in [0, 0.1) is 11.8 Å². The number of hydrogen-bond donors (Lipinski definition) is 1. The van der Waals surface area contributed by atoms with E-state index in [9.17, 15) is 9.59 Å². The summed E-state index contributed by atoms with van der Waals surface area (Å²) in [5, 5.41) is 10.9. The lowest BCUT2D eigenvalue weighted by atomic mass is 9.99. The van der Waals surface area contributed by atoms with Crippen LogP contribution < -0.4 is 15.0 Å². The number of aromatic nitrogens is 2. The summed E-state index contributed by atoms with van der Waals surface area (Å²) in [6.45, 7) is 6.77. The lowest BCUT2D eigenvalue weighted by molar-refractivity contribution is -0.131. The van der Waals surface area contributed by atoms with E-state index < -0.39 is 0 Å². The molecule has 1 atom stereocenters. The molecule has 31 heavy (non-hydrogen) atoms. The van der Waals surface area contributed by atoms with Crippen molar-refractivity contribution >= 4 is 23.3 Å². The van der Waals surface area contributed by atoms with Crippen molar-refractivity contribution < 1.29 is 14.3 Å². The maximum Gasteiger partial charge on any atom is 0.231 e. The molecule has 1 N–H and O–H groups in total. The number of likely N-dealkylation sites (tertiary alicyclic amines) is 1. The minimum Gasteiger partial charge on any atom is -0.489 e. The Bertz CT molecular complexity index is 897. The van der Waals surface area contributed by atoms with Crippen LogP contribution in [0.15, 0.2) is 42.6 Å². The van der Waals surface area contributed by atoms with E-state index in [1.54, 1.807) is 6.20 Å². The summed E-state index contributed by atoms with van der Waals surface area (Å²) >= 11 is 0. The van der Waals surface area contributed by atoms with E-state index in [0.717, 1.165) is 30.2 Å². The van der Waals surface area contributed by atoms with Gasteiger partial charge in [0.15, 0.2) is 5.82 Å². The highest BCUT2D eigenvalue weighted by Crippen LogP contribution is 2.25. The van der Waals surface area contributed by atoms with Crippen LogP contribution >= 0.6 is 0 Å². The monoisotopic (exact) mass is 423 g/mol. The van der Waals surface area contributed by atoms with Gasteiger partial charge in [0.2, 0.25) is 11.8 Å². The lowest BCUT2D eigenvalue weighted by Gasteiger charge is -2.38. The molecule has 2 aliphatic rings. The smallest absolute Gasteiger partial charge is 0.231 e. The molecule has 2 aliphatic heterocycles. The van der Waals surface area contributed by atoms with Gasteiger partial charge in [-0.2, -0.15) is 5.10 Å². The van der Waals surface area contributed by atoms with Crippen LogP contribution in [0.25, 0.3) is 0 Å². The number of ether oxygens (including phenoxy) is 1. The molecule has 0 bridgehead atoms. The van der Waals surface area contributed by atoms with Crippen molar-refractivity contribution in [1.82, 2.24) is 15.1 Å². The largest absolute Gasteiger partial charge is 0.489 e. The Morgan fingerprint density at radius 1 is 1.16 bits per heavy atom. The summed E-state index contributed by atoms with van der Waals surface area (Å²) in [6, 6.07) is 11.2. The third-order valence-electron chi connectivity index (χ3n) is 5.64. The summed E-state index contributed by atoms with van der Waals surface area (Å²) in [4.78, 5) is 28.6. The van der Waals surface area contributed by atoms with E-state index in [4.69, 9.17) is 4.74 Å². The standard InChI is InChI=1S/C23H29N5O3/c1-16(2)12-22(29)27-11-9-20(15-27)31-19-7-5-18(6-8-19)25-23(30)17-13-28(14-17)21-4-3-10-24-26-21/h3-8,10,16-17,20H,9,11-15H2,1-2H3,(H,25,30)/t20-/m1/s1. The Kier molecular flexibility index (Phi) is 6.34. The zero-order valence-electron chi connectivity index (χ0n) is 18.0. The van der Waals surface area contributed by atoms with Crippen molar-refractivity contribution in [3.8, 4) is 5.75 Å². The van der Waals surface area contributed by atoms with Crippen LogP contribution in [0.4, 0.5) is 11.5 Å². The van der Waals surface area contributed by atoms with Gasteiger partial charge >= 0.3 is 0 Å². The fourth-order valence-electron chi connectivity index (χ4n) is 3.88. The van der Waals surface area contributed by atoms with E-state index in [1.807, 2.05) is 46.2 Å². The normalized spacial score (nSPS) is 18.7. The van der Waals surface area contributed by atoms with Gasteiger partial charge in [0.25, 0.3) is 0 Å². The predicted molar refractivity (Wildman–Crippen MR) is 118 cm³/mol. The van der Waals surface area contributed by atoms with Crippen LogP contribution in [0.2, 0.25) is 0 Å². The molecule has 2 fully saturated rings. The Hall–Kier alpha value is -3.16. The number of carbonyl (C=O) groups excluding carboxylic acids is 2. The van der Waals surface area contributed by atoms with Crippen molar-refractivity contribution in [2.24, 2.45) is 11.8 Å². The molecule has 3 heterocycles. The van der Waals surface area contributed by atoms with E-state index in [0.29, 0.717) is 32.0 Å². The van der Waals surface area contributed by atoms with Crippen molar-refractivity contribution in [3.05, 3.63) is 42.6 Å². The molecule has 0 aliphatic carbocycles. The SMILES string of the molecule is CC(C)CC(=O)N1CC[C@@H](Oc2ccc(NC(=O)C3CN(c4cccnn4)C3)cc2)C1. The number of amides is 2. The fraction of sp³-hybridized carbons (Fsp3) is 0.478. The molecule has 4 rings (SSSR count). The number of hydrogen-bond acceptors (Lipinski definition) is 6. The predicted octanol–water partition coefficient (Wildman–Crippen LogP) is 2.58. The third kappa shape index (κ3) is 5.31. The molecule has 2 saturated heterocycles. The number of nitrogens with zero attached hydrogens (tertiary/aromatic N) is 4. The second-order valence-corrected chi connectivity index (χ2v) is 8.66. The second kappa shape index (κ2) is 9.32. The van der Waals surface area contributed by atoms with Gasteiger partial charge in [-0.15, -0.1) is 5.10 Å². The minimum absolute atomic E-state index is 0.00362. The maximum atomic E-state index is 12.5. The average Bonchev–Trinajstić information content (AvgIpc) is 3.17. The zero-order chi connectivity index (χ0) is 21.8. The van der Waals surface area contributed by atoms with Gasteiger partial charge in [-0.05, 0) is 42.3 Å². The molecule has 2 amide bonds. The number of carbonyl (C=O) groups is 2. The lowest BCUT2D eigenvalue weighted by Crippen LogP contribution is -2.52. The molecule has 8 nitrogen and oxygen atoms in total. The second-order valence-electron chi connectivity index (χ2n) is 8.66. The Morgan fingerprint density at radius 3 is 2.61 bits per heavy atom. The Morgan fingerprint density at radius 2 is 1.94 bits per heavy atom. The van der Waals surface area contributed by atoms with Crippen LogP contribution in [-0.2, 0) is 9.59 Å². The number of rotatable bonds is 7. The first-order valence-electron chi connectivity index (χ1n) is 10.9. The molecule has 0 spiro atoms. The van der Waals surface area contributed by atoms with Crippen LogP contribution in [0.5, 0.6) is 5.75 Å². The third-order valence-corrected chi connectivity index (χ3v) is 5.64. The molecule has 8 heteroatoms. The van der Waals surface area contributed by atoms with Gasteiger partial charge in [-0.1, -0.05) is 13.8 Å². The molecule has 0 unspecified atom stereocenters. The summed E-state index contributed by atoms with van der Waals surface area (Å²) in [7, 11) is 0. The van der Waals surface area contributed by atoms with E-state index >= 15 is 0 Å². The van der Waals surface area contributed by atoms with Gasteiger partial charge in [-0.25, -0.2) is 0 Å². The maximum absolute atomic E-state index is 12.5. The van der Waals surface area contributed by atoms with E-state index in [-0.39, 0.29) is 23.8 Å². The summed E-state index contributed by atoms with van der Waals surface area (Å²) in [5.74, 6) is 2.05. The van der Waals surface area contributed by atoms with Crippen molar-refractivity contribution in [2.45, 2.75) is 32.8 Å². The summed E-state index contributed by atoms with van der Waals surface area (Å²) in [5.41, 5.74) is 0.746. The molecular formula is C23H29N5O3. The average molecular weight is 424 g/mol. The van der Waals surface area contributed by atoms with E-state index in [2.05, 4.69) is 29.4 Å². The number of anilines is 2. The first-order valence-corrected chi connectivity index (χ1v) is 10.9. The zero-order valence-corrected chi connectivity index (χ0v) is 18.0. The topological polar surface area (TPSA) is 87.7 Å². The molecule has 0 saturated carbocycles. The molecule has 1 aromatic carbocycles. The van der Waals surface area contributed by atoms with Gasteiger partial charge in [-0.3, -0.25) is 9.59 Å². The molecule has 1 aromatic heterocycles. The quantitative estimate of drug-likeness (QED) is 0.737. The van der Waals surface area contributed by atoms with E-state index in [1.165, 1.54) is 0 Å². The molecule has 2 aromatic rings. The first-order chi connectivity index (χ1) is 15.0. The highest BCUT2D eigenvalue weighted by Gasteiger charge is 2.33. The van der Waals surface area contributed by atoms with Crippen LogP contribution in [-0.4, -0.2) is 59.2 Å². The number of benzene rings is 1. The Balaban J connectivity index is 1.22. The first kappa shape index (κ1) is 21.1. The molecule has 164 valence electrons. The van der Waals surface area contributed by atoms with Crippen molar-refractivity contribution in [1.29, 1.82) is 0 Å². The summed E-state index contributed by atoms with van der Waals surface area (Å²) in [6.07, 6.45) is 3.07. The fourth-order valence-corrected chi connectivity index (χ4v) is 3.88. The highest BCUT2D eigenvalue weighted by atomic mass is 16.5. The van der Waals surface area contributed by atoms with Crippen molar-refractivity contribution in [2.75, 3.05) is 36.4 Å². The van der Waals surface area contributed by atoms with Gasteiger partial charge in [0.1, 0.15) is 11.9 Å². The highest BCUT2D eigenvalue weighted by molar-refractivity contribution is 5.94. The van der Waals surface area contributed by atoms with Crippen LogP contribution in [0.3, 0.4) is 0 Å². The Labute approximate surface area is 182 Å². The van der Waals surface area contributed by atoms with Gasteiger partial charge in [0.05, 0.1) is 12.5 Å². The molecular weight excluding hydrogens is 394 g/mol.